The normalized spacial score (nSPS) is 33.8. The van der Waals surface area contributed by atoms with Crippen molar-refractivity contribution in [2.75, 3.05) is 33.7 Å². The summed E-state index contributed by atoms with van der Waals surface area (Å²) in [5.41, 5.74) is 5.99. The minimum atomic E-state index is 0.476. The van der Waals surface area contributed by atoms with Crippen LogP contribution in [0.15, 0.2) is 0 Å². The molecule has 1 heterocycles. The summed E-state index contributed by atoms with van der Waals surface area (Å²) < 4.78 is 0. The van der Waals surface area contributed by atoms with Gasteiger partial charge in [-0.1, -0.05) is 0 Å². The number of hydrogen-bond acceptors (Lipinski definition) is 3. The highest BCUT2D eigenvalue weighted by Gasteiger charge is 2.30. The summed E-state index contributed by atoms with van der Waals surface area (Å²) in [7, 11) is 4.37. The van der Waals surface area contributed by atoms with Crippen molar-refractivity contribution in [3.8, 4) is 0 Å². The van der Waals surface area contributed by atoms with Crippen molar-refractivity contribution < 1.29 is 0 Å². The zero-order valence-electron chi connectivity index (χ0n) is 10.9. The second kappa shape index (κ2) is 5.48. The number of likely N-dealkylation sites (tertiary alicyclic amines) is 1. The fourth-order valence-electron chi connectivity index (χ4n) is 3.34. The Morgan fingerprint density at radius 3 is 2.31 bits per heavy atom. The van der Waals surface area contributed by atoms with Gasteiger partial charge in [0.05, 0.1) is 0 Å². The Kier molecular flexibility index (Phi) is 4.22. The minimum absolute atomic E-state index is 0.476. The van der Waals surface area contributed by atoms with Crippen LogP contribution >= 0.6 is 0 Å². The van der Waals surface area contributed by atoms with E-state index in [4.69, 9.17) is 5.73 Å². The molecule has 2 fully saturated rings. The lowest BCUT2D eigenvalue weighted by molar-refractivity contribution is 0.121. The van der Waals surface area contributed by atoms with Gasteiger partial charge in [0.1, 0.15) is 0 Å². The maximum absolute atomic E-state index is 5.99. The molecule has 1 aliphatic heterocycles. The highest BCUT2D eigenvalue weighted by molar-refractivity contribution is 4.87. The Morgan fingerprint density at radius 1 is 1.12 bits per heavy atom. The van der Waals surface area contributed by atoms with Gasteiger partial charge < -0.3 is 15.5 Å². The van der Waals surface area contributed by atoms with Crippen molar-refractivity contribution in [1.29, 1.82) is 0 Å². The summed E-state index contributed by atoms with van der Waals surface area (Å²) in [5.74, 6) is 0.918. The molecule has 2 atom stereocenters. The van der Waals surface area contributed by atoms with Crippen molar-refractivity contribution in [2.24, 2.45) is 11.7 Å². The van der Waals surface area contributed by atoms with Gasteiger partial charge in [0.25, 0.3) is 0 Å². The molecule has 0 aromatic rings. The van der Waals surface area contributed by atoms with E-state index in [1.807, 2.05) is 0 Å². The molecular weight excluding hydrogens is 198 g/mol. The molecule has 0 aromatic heterocycles. The van der Waals surface area contributed by atoms with Crippen molar-refractivity contribution in [3.63, 3.8) is 0 Å². The molecule has 0 amide bonds. The summed E-state index contributed by atoms with van der Waals surface area (Å²) >= 11 is 0. The smallest absolute Gasteiger partial charge is 0.0111 e. The fourth-order valence-corrected chi connectivity index (χ4v) is 3.34. The van der Waals surface area contributed by atoms with Crippen LogP contribution in [0.3, 0.4) is 0 Å². The largest absolute Gasteiger partial charge is 0.328 e. The summed E-state index contributed by atoms with van der Waals surface area (Å²) in [5, 5.41) is 0. The van der Waals surface area contributed by atoms with E-state index in [1.54, 1.807) is 0 Å². The van der Waals surface area contributed by atoms with Gasteiger partial charge in [-0.2, -0.15) is 0 Å². The van der Waals surface area contributed by atoms with Crippen LogP contribution in [-0.4, -0.2) is 55.6 Å². The van der Waals surface area contributed by atoms with Gasteiger partial charge in [-0.05, 0) is 65.2 Å². The predicted molar refractivity (Wildman–Crippen MR) is 68.5 cm³/mol. The molecule has 2 unspecified atom stereocenters. The Balaban J connectivity index is 1.72. The first-order chi connectivity index (χ1) is 7.65. The Hall–Kier alpha value is -0.120. The highest BCUT2D eigenvalue weighted by Crippen LogP contribution is 2.27. The standard InChI is InChI=1S/C13H27N3/c1-15(2)10-11-5-7-16(8-6-11)13-4-3-12(14)9-13/h11-13H,3-10,14H2,1-2H3. The van der Waals surface area contributed by atoms with Crippen LogP contribution in [0.4, 0.5) is 0 Å². The van der Waals surface area contributed by atoms with Crippen molar-refractivity contribution in [2.45, 2.75) is 44.2 Å². The number of hydrogen-bond donors (Lipinski definition) is 1. The van der Waals surface area contributed by atoms with E-state index in [0.29, 0.717) is 6.04 Å². The molecule has 3 heteroatoms. The van der Waals surface area contributed by atoms with Gasteiger partial charge in [0, 0.05) is 18.6 Å². The lowest BCUT2D eigenvalue weighted by atomic mass is 9.95. The topological polar surface area (TPSA) is 32.5 Å². The van der Waals surface area contributed by atoms with E-state index in [2.05, 4.69) is 23.9 Å². The molecule has 0 radical (unpaired) electrons. The molecule has 0 bridgehead atoms. The molecule has 0 aromatic carbocycles. The molecule has 16 heavy (non-hydrogen) atoms. The van der Waals surface area contributed by atoms with Gasteiger partial charge in [-0.15, -0.1) is 0 Å². The van der Waals surface area contributed by atoms with E-state index in [9.17, 15) is 0 Å². The average molecular weight is 225 g/mol. The Labute approximate surface area is 100.0 Å². The van der Waals surface area contributed by atoms with Crippen LogP contribution in [0.25, 0.3) is 0 Å². The number of rotatable bonds is 3. The van der Waals surface area contributed by atoms with Crippen LogP contribution in [-0.2, 0) is 0 Å². The first kappa shape index (κ1) is 12.3. The maximum atomic E-state index is 5.99. The lowest BCUT2D eigenvalue weighted by Gasteiger charge is -2.36. The number of nitrogens with zero attached hydrogens (tertiary/aromatic N) is 2. The molecule has 0 spiro atoms. The lowest BCUT2D eigenvalue weighted by Crippen LogP contribution is -2.42. The third kappa shape index (κ3) is 3.19. The van der Waals surface area contributed by atoms with Gasteiger partial charge in [-0.25, -0.2) is 0 Å². The van der Waals surface area contributed by atoms with Gasteiger partial charge in [0.2, 0.25) is 0 Å². The predicted octanol–water partition coefficient (Wildman–Crippen LogP) is 1.14. The van der Waals surface area contributed by atoms with E-state index < -0.39 is 0 Å². The second-order valence-corrected chi connectivity index (χ2v) is 5.97. The SMILES string of the molecule is CN(C)CC1CCN(C2CCC(N)C2)CC1. The van der Waals surface area contributed by atoms with Crippen molar-refractivity contribution >= 4 is 0 Å². The van der Waals surface area contributed by atoms with E-state index in [0.717, 1.165) is 12.0 Å². The van der Waals surface area contributed by atoms with Crippen molar-refractivity contribution in [1.82, 2.24) is 9.80 Å². The fraction of sp³-hybridized carbons (Fsp3) is 1.00. The van der Waals surface area contributed by atoms with Crippen LogP contribution in [0.2, 0.25) is 0 Å². The monoisotopic (exact) mass is 225 g/mol. The Morgan fingerprint density at radius 2 is 1.81 bits per heavy atom. The summed E-state index contributed by atoms with van der Waals surface area (Å²) in [6.45, 7) is 3.86. The molecule has 94 valence electrons. The maximum Gasteiger partial charge on any atom is 0.0111 e. The molecule has 2 aliphatic rings. The van der Waals surface area contributed by atoms with E-state index >= 15 is 0 Å². The quantitative estimate of drug-likeness (QED) is 0.782. The second-order valence-electron chi connectivity index (χ2n) is 5.97. The number of nitrogens with two attached hydrogens (primary N) is 1. The van der Waals surface area contributed by atoms with E-state index in [-0.39, 0.29) is 0 Å². The highest BCUT2D eigenvalue weighted by atomic mass is 15.2. The third-order valence-electron chi connectivity index (χ3n) is 4.23. The molecule has 1 aliphatic carbocycles. The average Bonchev–Trinajstić information content (AvgIpc) is 2.65. The Bertz CT molecular complexity index is 209. The molecule has 1 saturated carbocycles. The first-order valence-electron chi connectivity index (χ1n) is 6.79. The molecule has 2 rings (SSSR count). The van der Waals surface area contributed by atoms with Crippen LogP contribution in [0.1, 0.15) is 32.1 Å². The molecule has 2 N–H and O–H groups in total. The zero-order valence-corrected chi connectivity index (χ0v) is 10.9. The van der Waals surface area contributed by atoms with Crippen molar-refractivity contribution in [3.05, 3.63) is 0 Å². The van der Waals surface area contributed by atoms with Crippen LogP contribution < -0.4 is 5.73 Å². The van der Waals surface area contributed by atoms with Gasteiger partial charge >= 0.3 is 0 Å². The first-order valence-corrected chi connectivity index (χ1v) is 6.79. The third-order valence-corrected chi connectivity index (χ3v) is 4.23. The van der Waals surface area contributed by atoms with Crippen LogP contribution in [0, 0.1) is 5.92 Å². The zero-order chi connectivity index (χ0) is 11.5. The summed E-state index contributed by atoms with van der Waals surface area (Å²) in [6, 6.07) is 1.28. The van der Waals surface area contributed by atoms with Gasteiger partial charge in [-0.3, -0.25) is 0 Å². The summed E-state index contributed by atoms with van der Waals surface area (Å²) in [6.07, 6.45) is 6.56. The molecule has 3 nitrogen and oxygen atoms in total. The van der Waals surface area contributed by atoms with E-state index in [1.165, 1.54) is 51.7 Å². The van der Waals surface area contributed by atoms with Crippen LogP contribution in [0.5, 0.6) is 0 Å². The number of piperidine rings is 1. The van der Waals surface area contributed by atoms with Gasteiger partial charge in [0.15, 0.2) is 0 Å². The molecule has 1 saturated heterocycles. The molecular formula is C13H27N3. The summed E-state index contributed by atoms with van der Waals surface area (Å²) in [4.78, 5) is 5.02. The minimum Gasteiger partial charge on any atom is -0.328 e.